The van der Waals surface area contributed by atoms with Crippen LogP contribution in [0.3, 0.4) is 0 Å². The van der Waals surface area contributed by atoms with Gasteiger partial charge >= 0.3 is 6.36 Å². The van der Waals surface area contributed by atoms with Crippen molar-refractivity contribution in [3.63, 3.8) is 0 Å². The van der Waals surface area contributed by atoms with Gasteiger partial charge < -0.3 is 10.5 Å². The third-order valence-electron chi connectivity index (χ3n) is 2.60. The van der Waals surface area contributed by atoms with Crippen LogP contribution in [0.15, 0.2) is 24.3 Å². The standard InChI is InChI=1S/C13H18F3NO/c1-9(2)3-8-12(17)10-4-6-11(7-5-10)18-13(14,15)16/h4-7,9,12H,3,8,17H2,1-2H3/t12-/m0/s1. The van der Waals surface area contributed by atoms with Gasteiger partial charge in [0.25, 0.3) is 0 Å². The van der Waals surface area contributed by atoms with E-state index in [1.54, 1.807) is 12.1 Å². The quantitative estimate of drug-likeness (QED) is 0.868. The second-order valence-corrected chi connectivity index (χ2v) is 4.69. The van der Waals surface area contributed by atoms with Gasteiger partial charge in [-0.05, 0) is 36.5 Å². The van der Waals surface area contributed by atoms with Crippen molar-refractivity contribution in [3.8, 4) is 5.75 Å². The smallest absolute Gasteiger partial charge is 0.406 e. The van der Waals surface area contributed by atoms with E-state index < -0.39 is 6.36 Å². The normalized spacial score (nSPS) is 13.7. The predicted octanol–water partition coefficient (Wildman–Crippen LogP) is 4.02. The van der Waals surface area contributed by atoms with Gasteiger partial charge in [-0.1, -0.05) is 26.0 Å². The molecule has 0 aliphatic carbocycles. The first kappa shape index (κ1) is 14.8. The summed E-state index contributed by atoms with van der Waals surface area (Å²) in [4.78, 5) is 0. The Hall–Kier alpha value is -1.23. The third kappa shape index (κ3) is 5.40. The molecular weight excluding hydrogens is 243 g/mol. The maximum atomic E-state index is 12.0. The first-order chi connectivity index (χ1) is 8.28. The fourth-order valence-electron chi connectivity index (χ4n) is 1.60. The third-order valence-corrected chi connectivity index (χ3v) is 2.60. The van der Waals surface area contributed by atoms with Crippen LogP contribution >= 0.6 is 0 Å². The number of halogens is 3. The van der Waals surface area contributed by atoms with Crippen LogP contribution in [0.1, 0.15) is 38.3 Å². The lowest BCUT2D eigenvalue weighted by Gasteiger charge is -2.14. The SMILES string of the molecule is CC(C)CC[C@H](N)c1ccc(OC(F)(F)F)cc1. The maximum absolute atomic E-state index is 12.0. The molecule has 18 heavy (non-hydrogen) atoms. The first-order valence-corrected chi connectivity index (χ1v) is 5.89. The van der Waals surface area contributed by atoms with Gasteiger partial charge in [-0.2, -0.15) is 0 Å². The van der Waals surface area contributed by atoms with Crippen LogP contribution in [0.2, 0.25) is 0 Å². The number of hydrogen-bond donors (Lipinski definition) is 1. The van der Waals surface area contributed by atoms with Crippen molar-refractivity contribution in [1.29, 1.82) is 0 Å². The summed E-state index contributed by atoms with van der Waals surface area (Å²) >= 11 is 0. The Labute approximate surface area is 105 Å². The number of ether oxygens (including phenoxy) is 1. The molecule has 0 fully saturated rings. The topological polar surface area (TPSA) is 35.2 Å². The Morgan fingerprint density at radius 3 is 2.11 bits per heavy atom. The average Bonchev–Trinajstić information content (AvgIpc) is 2.24. The van der Waals surface area contributed by atoms with E-state index in [1.807, 2.05) is 0 Å². The summed E-state index contributed by atoms with van der Waals surface area (Å²) in [5.74, 6) is 0.339. The highest BCUT2D eigenvalue weighted by atomic mass is 19.4. The predicted molar refractivity (Wildman–Crippen MR) is 64.1 cm³/mol. The van der Waals surface area contributed by atoms with Gasteiger partial charge in [0.2, 0.25) is 0 Å². The molecule has 0 aliphatic rings. The molecule has 2 N–H and O–H groups in total. The van der Waals surface area contributed by atoms with Gasteiger partial charge in [0.05, 0.1) is 0 Å². The lowest BCUT2D eigenvalue weighted by molar-refractivity contribution is -0.274. The lowest BCUT2D eigenvalue weighted by Crippen LogP contribution is -2.17. The summed E-state index contributed by atoms with van der Waals surface area (Å²) in [7, 11) is 0. The number of alkyl halides is 3. The summed E-state index contributed by atoms with van der Waals surface area (Å²) < 4.78 is 39.7. The molecular formula is C13H18F3NO. The monoisotopic (exact) mass is 261 g/mol. The summed E-state index contributed by atoms with van der Waals surface area (Å²) in [6.07, 6.45) is -2.85. The highest BCUT2D eigenvalue weighted by Gasteiger charge is 2.30. The van der Waals surface area contributed by atoms with E-state index in [0.29, 0.717) is 5.92 Å². The fourth-order valence-corrected chi connectivity index (χ4v) is 1.60. The number of hydrogen-bond acceptors (Lipinski definition) is 2. The van der Waals surface area contributed by atoms with Crippen molar-refractivity contribution >= 4 is 0 Å². The van der Waals surface area contributed by atoms with E-state index in [2.05, 4.69) is 18.6 Å². The largest absolute Gasteiger partial charge is 0.573 e. The number of benzene rings is 1. The molecule has 1 aromatic carbocycles. The van der Waals surface area contributed by atoms with Gasteiger partial charge in [-0.15, -0.1) is 13.2 Å². The van der Waals surface area contributed by atoms with Crippen LogP contribution in [0.4, 0.5) is 13.2 Å². The molecule has 0 heterocycles. The molecule has 0 spiro atoms. The van der Waals surface area contributed by atoms with Gasteiger partial charge in [0.1, 0.15) is 5.75 Å². The molecule has 0 aliphatic heterocycles. The minimum absolute atomic E-state index is 0.146. The van der Waals surface area contributed by atoms with Crippen LogP contribution in [-0.2, 0) is 0 Å². The van der Waals surface area contributed by atoms with Crippen molar-refractivity contribution in [2.45, 2.75) is 39.1 Å². The second-order valence-electron chi connectivity index (χ2n) is 4.69. The molecule has 0 saturated carbocycles. The van der Waals surface area contributed by atoms with E-state index in [9.17, 15) is 13.2 Å². The lowest BCUT2D eigenvalue weighted by atomic mass is 9.98. The zero-order valence-corrected chi connectivity index (χ0v) is 10.5. The molecule has 0 aromatic heterocycles. The highest BCUT2D eigenvalue weighted by Crippen LogP contribution is 2.25. The van der Waals surface area contributed by atoms with Gasteiger partial charge in [-0.3, -0.25) is 0 Å². The van der Waals surface area contributed by atoms with E-state index >= 15 is 0 Å². The van der Waals surface area contributed by atoms with Crippen LogP contribution in [0.5, 0.6) is 5.75 Å². The van der Waals surface area contributed by atoms with Crippen molar-refractivity contribution in [3.05, 3.63) is 29.8 Å². The van der Waals surface area contributed by atoms with E-state index in [4.69, 9.17) is 5.73 Å². The maximum Gasteiger partial charge on any atom is 0.573 e. The molecule has 1 atom stereocenters. The molecule has 0 bridgehead atoms. The zero-order chi connectivity index (χ0) is 13.8. The van der Waals surface area contributed by atoms with E-state index in [-0.39, 0.29) is 11.8 Å². The van der Waals surface area contributed by atoms with Crippen molar-refractivity contribution in [1.82, 2.24) is 0 Å². The molecule has 0 unspecified atom stereocenters. The Balaban J connectivity index is 2.59. The Morgan fingerprint density at radius 2 is 1.67 bits per heavy atom. The van der Waals surface area contributed by atoms with Gasteiger partial charge in [0, 0.05) is 6.04 Å². The van der Waals surface area contributed by atoms with E-state index in [1.165, 1.54) is 12.1 Å². The molecule has 1 aromatic rings. The number of rotatable bonds is 5. The highest BCUT2D eigenvalue weighted by molar-refractivity contribution is 5.29. The Kier molecular flexibility index (Phi) is 5.02. The van der Waals surface area contributed by atoms with Crippen molar-refractivity contribution in [2.75, 3.05) is 0 Å². The van der Waals surface area contributed by atoms with Crippen LogP contribution in [0, 0.1) is 5.92 Å². The summed E-state index contributed by atoms with van der Waals surface area (Å²) in [5, 5.41) is 0. The molecule has 1 rings (SSSR count). The number of nitrogens with two attached hydrogens (primary N) is 1. The minimum atomic E-state index is -4.65. The average molecular weight is 261 g/mol. The molecule has 0 amide bonds. The van der Waals surface area contributed by atoms with Crippen molar-refractivity contribution < 1.29 is 17.9 Å². The first-order valence-electron chi connectivity index (χ1n) is 5.89. The molecule has 0 radical (unpaired) electrons. The molecule has 102 valence electrons. The second kappa shape index (κ2) is 6.09. The van der Waals surface area contributed by atoms with Crippen molar-refractivity contribution in [2.24, 2.45) is 11.7 Å². The molecule has 2 nitrogen and oxygen atoms in total. The molecule has 0 saturated heterocycles. The fraction of sp³-hybridized carbons (Fsp3) is 0.538. The summed E-state index contributed by atoms with van der Waals surface area (Å²) in [6.45, 7) is 4.21. The van der Waals surface area contributed by atoms with Gasteiger partial charge in [0.15, 0.2) is 0 Å². The Morgan fingerprint density at radius 1 is 1.11 bits per heavy atom. The van der Waals surface area contributed by atoms with Crippen LogP contribution in [0.25, 0.3) is 0 Å². The van der Waals surface area contributed by atoms with Crippen LogP contribution < -0.4 is 10.5 Å². The summed E-state index contributed by atoms with van der Waals surface area (Å²) in [5.41, 5.74) is 6.78. The minimum Gasteiger partial charge on any atom is -0.406 e. The zero-order valence-electron chi connectivity index (χ0n) is 10.5. The van der Waals surface area contributed by atoms with Gasteiger partial charge in [-0.25, -0.2) is 0 Å². The van der Waals surface area contributed by atoms with E-state index in [0.717, 1.165) is 18.4 Å². The van der Waals surface area contributed by atoms with Crippen LogP contribution in [-0.4, -0.2) is 6.36 Å². The molecule has 5 heteroatoms. The summed E-state index contributed by atoms with van der Waals surface area (Å²) in [6, 6.07) is 5.58. The Bertz CT molecular complexity index is 359.